The van der Waals surface area contributed by atoms with Gasteiger partial charge in [-0.2, -0.15) is 0 Å². The highest BCUT2D eigenvalue weighted by molar-refractivity contribution is 9.10. The van der Waals surface area contributed by atoms with Crippen LogP contribution in [0.3, 0.4) is 0 Å². The second-order valence-electron chi connectivity index (χ2n) is 5.52. The third kappa shape index (κ3) is 2.38. The molecule has 0 spiro atoms. The molecular formula is C14H19BrN2O2. The van der Waals surface area contributed by atoms with Crippen molar-refractivity contribution < 1.29 is 4.74 Å². The number of hydrogen-bond donors (Lipinski definition) is 1. The first-order valence-electron chi connectivity index (χ1n) is 7.10. The van der Waals surface area contributed by atoms with Gasteiger partial charge in [-0.1, -0.05) is 0 Å². The Kier molecular flexibility index (Phi) is 3.52. The van der Waals surface area contributed by atoms with Crippen molar-refractivity contribution in [2.45, 2.75) is 57.0 Å². The molecule has 2 saturated carbocycles. The fourth-order valence-electron chi connectivity index (χ4n) is 2.99. The summed E-state index contributed by atoms with van der Waals surface area (Å²) < 4.78 is 6.58. The quantitative estimate of drug-likeness (QED) is 0.924. The van der Waals surface area contributed by atoms with Gasteiger partial charge in [0.1, 0.15) is 15.9 Å². The summed E-state index contributed by atoms with van der Waals surface area (Å²) in [5.41, 5.74) is 0.487. The van der Waals surface area contributed by atoms with Crippen LogP contribution in [0.15, 0.2) is 9.27 Å². The maximum atomic E-state index is 12.1. The summed E-state index contributed by atoms with van der Waals surface area (Å²) in [7, 11) is 0. The molecule has 3 rings (SSSR count). The maximum absolute atomic E-state index is 12.1. The molecule has 1 aromatic rings. The molecule has 104 valence electrons. The molecule has 0 aromatic carbocycles. The molecule has 0 unspecified atom stereocenters. The molecule has 0 saturated heterocycles. The Labute approximate surface area is 121 Å². The first-order chi connectivity index (χ1) is 9.16. The minimum atomic E-state index is -0.363. The second-order valence-corrected chi connectivity index (χ2v) is 6.32. The third-order valence-corrected chi connectivity index (χ3v) is 4.88. The van der Waals surface area contributed by atoms with E-state index in [4.69, 9.17) is 9.72 Å². The standard InChI is InChI=1S/C14H19BrN2O2/c1-2-19-14(7-3-4-8-14)13-16-11(9-5-6-9)10(15)12(18)17-13/h9H,2-8H2,1H3,(H,16,17,18). The Bertz CT molecular complexity index is 531. The minimum absolute atomic E-state index is 0.0714. The number of rotatable bonds is 4. The van der Waals surface area contributed by atoms with Crippen molar-refractivity contribution in [3.63, 3.8) is 0 Å². The number of halogens is 1. The molecule has 4 nitrogen and oxygen atoms in total. The van der Waals surface area contributed by atoms with Crippen LogP contribution in [0.2, 0.25) is 0 Å². The van der Waals surface area contributed by atoms with E-state index in [0.717, 1.165) is 50.0 Å². The number of H-pyrrole nitrogens is 1. The van der Waals surface area contributed by atoms with Crippen molar-refractivity contribution in [3.05, 3.63) is 26.3 Å². The highest BCUT2D eigenvalue weighted by atomic mass is 79.9. The predicted molar refractivity (Wildman–Crippen MR) is 76.3 cm³/mol. The molecular weight excluding hydrogens is 308 g/mol. The molecule has 0 bridgehead atoms. The summed E-state index contributed by atoms with van der Waals surface area (Å²) in [4.78, 5) is 19.8. The summed E-state index contributed by atoms with van der Waals surface area (Å²) in [6, 6.07) is 0. The van der Waals surface area contributed by atoms with Crippen molar-refractivity contribution >= 4 is 15.9 Å². The lowest BCUT2D eigenvalue weighted by atomic mass is 10.0. The zero-order valence-corrected chi connectivity index (χ0v) is 12.8. The molecule has 1 aromatic heterocycles. The number of aromatic nitrogens is 2. The predicted octanol–water partition coefficient (Wildman–Crippen LogP) is 3.22. The maximum Gasteiger partial charge on any atom is 0.265 e. The van der Waals surface area contributed by atoms with Crippen molar-refractivity contribution in [1.29, 1.82) is 0 Å². The average molecular weight is 327 g/mol. The topological polar surface area (TPSA) is 55.0 Å². The van der Waals surface area contributed by atoms with Gasteiger partial charge in [0, 0.05) is 12.5 Å². The monoisotopic (exact) mass is 326 g/mol. The van der Waals surface area contributed by atoms with Crippen molar-refractivity contribution in [2.75, 3.05) is 6.61 Å². The van der Waals surface area contributed by atoms with E-state index in [-0.39, 0.29) is 11.2 Å². The van der Waals surface area contributed by atoms with Gasteiger partial charge in [0.25, 0.3) is 5.56 Å². The van der Waals surface area contributed by atoms with E-state index >= 15 is 0 Å². The third-order valence-electron chi connectivity index (χ3n) is 4.12. The summed E-state index contributed by atoms with van der Waals surface area (Å²) in [5, 5.41) is 0. The van der Waals surface area contributed by atoms with E-state index < -0.39 is 0 Å². The Morgan fingerprint density at radius 1 is 1.42 bits per heavy atom. The summed E-state index contributed by atoms with van der Waals surface area (Å²) in [5.74, 6) is 1.19. The van der Waals surface area contributed by atoms with Crippen LogP contribution in [0.4, 0.5) is 0 Å². The SMILES string of the molecule is CCOC1(c2nc(C3CC3)c(Br)c(=O)[nH]2)CCCC1. The molecule has 0 atom stereocenters. The number of aromatic amines is 1. The molecule has 0 radical (unpaired) electrons. The van der Waals surface area contributed by atoms with Crippen molar-refractivity contribution in [1.82, 2.24) is 9.97 Å². The van der Waals surface area contributed by atoms with E-state index in [1.165, 1.54) is 0 Å². The Hall–Kier alpha value is -0.680. The van der Waals surface area contributed by atoms with Crippen LogP contribution in [-0.2, 0) is 10.3 Å². The lowest BCUT2D eigenvalue weighted by molar-refractivity contribution is -0.0460. The minimum Gasteiger partial charge on any atom is -0.367 e. The van der Waals surface area contributed by atoms with Crippen molar-refractivity contribution in [2.24, 2.45) is 0 Å². The number of nitrogens with one attached hydrogen (secondary N) is 1. The fourth-order valence-corrected chi connectivity index (χ4v) is 3.50. The van der Waals surface area contributed by atoms with E-state index in [1.807, 2.05) is 6.92 Å². The van der Waals surface area contributed by atoms with Crippen LogP contribution in [0.5, 0.6) is 0 Å². The molecule has 0 amide bonds. The molecule has 1 N–H and O–H groups in total. The first-order valence-corrected chi connectivity index (χ1v) is 7.90. The number of hydrogen-bond acceptors (Lipinski definition) is 3. The Morgan fingerprint density at radius 3 is 2.68 bits per heavy atom. The van der Waals surface area contributed by atoms with E-state index in [2.05, 4.69) is 20.9 Å². The van der Waals surface area contributed by atoms with Crippen LogP contribution in [-0.4, -0.2) is 16.6 Å². The van der Waals surface area contributed by atoms with Crippen LogP contribution in [0, 0.1) is 0 Å². The molecule has 5 heteroatoms. The molecule has 1 heterocycles. The van der Waals surface area contributed by atoms with Gasteiger partial charge in [-0.15, -0.1) is 0 Å². The summed E-state index contributed by atoms with van der Waals surface area (Å²) >= 11 is 3.37. The fraction of sp³-hybridized carbons (Fsp3) is 0.714. The lowest BCUT2D eigenvalue weighted by Crippen LogP contribution is -2.32. The Morgan fingerprint density at radius 2 is 2.11 bits per heavy atom. The second kappa shape index (κ2) is 5.02. The van der Waals surface area contributed by atoms with E-state index in [9.17, 15) is 4.79 Å². The highest BCUT2D eigenvalue weighted by Gasteiger charge is 2.40. The van der Waals surface area contributed by atoms with Crippen LogP contribution < -0.4 is 5.56 Å². The number of nitrogens with zero attached hydrogens (tertiary/aromatic N) is 1. The van der Waals surface area contributed by atoms with Gasteiger partial charge in [0.05, 0.1) is 5.69 Å². The van der Waals surface area contributed by atoms with E-state index in [0.29, 0.717) is 17.0 Å². The molecule has 2 aliphatic carbocycles. The zero-order valence-electron chi connectivity index (χ0n) is 11.2. The average Bonchev–Trinajstić information content (AvgIpc) is 3.13. The van der Waals surface area contributed by atoms with Gasteiger partial charge in [0.15, 0.2) is 0 Å². The van der Waals surface area contributed by atoms with Gasteiger partial charge in [-0.3, -0.25) is 4.79 Å². The van der Waals surface area contributed by atoms with Gasteiger partial charge in [-0.05, 0) is 61.4 Å². The van der Waals surface area contributed by atoms with Crippen LogP contribution in [0.25, 0.3) is 0 Å². The van der Waals surface area contributed by atoms with Gasteiger partial charge < -0.3 is 9.72 Å². The first kappa shape index (κ1) is 13.3. The largest absolute Gasteiger partial charge is 0.367 e. The Balaban J connectivity index is 2.06. The summed E-state index contributed by atoms with van der Waals surface area (Å²) in [6.07, 6.45) is 6.45. The summed E-state index contributed by atoms with van der Waals surface area (Å²) in [6.45, 7) is 2.65. The smallest absolute Gasteiger partial charge is 0.265 e. The highest BCUT2D eigenvalue weighted by Crippen LogP contribution is 2.44. The molecule has 19 heavy (non-hydrogen) atoms. The normalized spacial score (nSPS) is 21.8. The van der Waals surface area contributed by atoms with Crippen LogP contribution in [0.1, 0.15) is 62.9 Å². The van der Waals surface area contributed by atoms with Crippen LogP contribution >= 0.6 is 15.9 Å². The van der Waals surface area contributed by atoms with Gasteiger partial charge >= 0.3 is 0 Å². The molecule has 2 aliphatic rings. The van der Waals surface area contributed by atoms with Gasteiger partial charge in [-0.25, -0.2) is 4.98 Å². The zero-order chi connectivity index (χ0) is 13.5. The van der Waals surface area contributed by atoms with Crippen molar-refractivity contribution in [3.8, 4) is 0 Å². The molecule has 2 fully saturated rings. The van der Waals surface area contributed by atoms with E-state index in [1.54, 1.807) is 0 Å². The number of ether oxygens (including phenoxy) is 1. The van der Waals surface area contributed by atoms with Gasteiger partial charge in [0.2, 0.25) is 0 Å². The molecule has 0 aliphatic heterocycles. The lowest BCUT2D eigenvalue weighted by Gasteiger charge is -2.28.